The van der Waals surface area contributed by atoms with E-state index < -0.39 is 0 Å². The molecule has 0 saturated carbocycles. The van der Waals surface area contributed by atoms with E-state index in [1.54, 1.807) is 12.4 Å². The highest BCUT2D eigenvalue weighted by atomic mass is 16.1. The molecule has 1 amide bonds. The fourth-order valence-corrected chi connectivity index (χ4v) is 3.09. The molecule has 0 unspecified atom stereocenters. The number of nitrogens with zero attached hydrogens (tertiary/aromatic N) is 1. The summed E-state index contributed by atoms with van der Waals surface area (Å²) in [6, 6.07) is 10.5. The first-order valence-electron chi connectivity index (χ1n) is 8.02. The molecule has 0 saturated heterocycles. The van der Waals surface area contributed by atoms with Gasteiger partial charge in [0.2, 0.25) is 5.91 Å². The van der Waals surface area contributed by atoms with Gasteiger partial charge in [0.1, 0.15) is 0 Å². The van der Waals surface area contributed by atoms with Crippen molar-refractivity contribution >= 4 is 5.91 Å². The number of rotatable bonds is 4. The first kappa shape index (κ1) is 14.8. The van der Waals surface area contributed by atoms with Crippen molar-refractivity contribution in [3.8, 4) is 0 Å². The molecule has 0 spiro atoms. The lowest BCUT2D eigenvalue weighted by atomic mass is 9.89. The number of benzene rings is 1. The number of hydrogen-bond donors (Lipinski definition) is 1. The van der Waals surface area contributed by atoms with E-state index in [1.165, 1.54) is 42.4 Å². The molecular formula is C19H22N2O. The summed E-state index contributed by atoms with van der Waals surface area (Å²) in [5.74, 6) is 0.0400. The van der Waals surface area contributed by atoms with E-state index in [1.807, 2.05) is 19.1 Å². The molecule has 0 bridgehead atoms. The largest absolute Gasteiger partial charge is 0.349 e. The Kier molecular flexibility index (Phi) is 4.52. The van der Waals surface area contributed by atoms with Crippen LogP contribution < -0.4 is 5.32 Å². The lowest BCUT2D eigenvalue weighted by Gasteiger charge is -2.20. The lowest BCUT2D eigenvalue weighted by Crippen LogP contribution is -2.28. The average Bonchev–Trinajstić information content (AvgIpc) is 2.55. The lowest BCUT2D eigenvalue weighted by molar-refractivity contribution is -0.121. The Morgan fingerprint density at radius 2 is 2.05 bits per heavy atom. The Balaban J connectivity index is 1.64. The first-order chi connectivity index (χ1) is 10.7. The van der Waals surface area contributed by atoms with Crippen molar-refractivity contribution in [2.45, 2.75) is 45.1 Å². The molecule has 3 rings (SSSR count). The molecule has 2 aromatic rings. The maximum absolute atomic E-state index is 12.1. The molecule has 3 nitrogen and oxygen atoms in total. The second-order valence-corrected chi connectivity index (χ2v) is 6.06. The van der Waals surface area contributed by atoms with E-state index in [0.29, 0.717) is 6.42 Å². The Labute approximate surface area is 131 Å². The second-order valence-electron chi connectivity index (χ2n) is 6.06. The number of hydrogen-bond acceptors (Lipinski definition) is 2. The highest BCUT2D eigenvalue weighted by molar-refractivity contribution is 5.78. The van der Waals surface area contributed by atoms with Gasteiger partial charge in [0.15, 0.2) is 0 Å². The summed E-state index contributed by atoms with van der Waals surface area (Å²) in [6.45, 7) is 2.05. The average molecular weight is 294 g/mol. The number of nitrogens with one attached hydrogen (secondary N) is 1. The predicted molar refractivity (Wildman–Crippen MR) is 87.6 cm³/mol. The smallest absolute Gasteiger partial charge is 0.224 e. The van der Waals surface area contributed by atoms with Crippen LogP contribution in [-0.4, -0.2) is 10.9 Å². The maximum atomic E-state index is 12.1. The molecule has 0 fully saturated rings. The van der Waals surface area contributed by atoms with E-state index in [0.717, 1.165) is 5.56 Å². The number of aromatic nitrogens is 1. The molecule has 114 valence electrons. The van der Waals surface area contributed by atoms with Crippen LogP contribution in [0.4, 0.5) is 0 Å². The van der Waals surface area contributed by atoms with E-state index in [4.69, 9.17) is 0 Å². The van der Waals surface area contributed by atoms with Crippen LogP contribution >= 0.6 is 0 Å². The minimum Gasteiger partial charge on any atom is -0.349 e. The first-order valence-corrected chi connectivity index (χ1v) is 8.02. The normalized spacial score (nSPS) is 15.0. The summed E-state index contributed by atoms with van der Waals surface area (Å²) in [4.78, 5) is 16.2. The molecule has 1 aliphatic rings. The van der Waals surface area contributed by atoms with Gasteiger partial charge in [0, 0.05) is 12.4 Å². The van der Waals surface area contributed by atoms with Crippen molar-refractivity contribution in [3.05, 3.63) is 65.0 Å². The van der Waals surface area contributed by atoms with Crippen LogP contribution in [-0.2, 0) is 24.1 Å². The van der Waals surface area contributed by atoms with Crippen LogP contribution in [0.15, 0.2) is 42.7 Å². The monoisotopic (exact) mass is 294 g/mol. The summed E-state index contributed by atoms with van der Waals surface area (Å²) in [5, 5.41) is 3.08. The van der Waals surface area contributed by atoms with Crippen molar-refractivity contribution in [2.24, 2.45) is 0 Å². The van der Waals surface area contributed by atoms with Gasteiger partial charge >= 0.3 is 0 Å². The number of carbonyl (C=O) groups is 1. The number of aryl methyl sites for hydroxylation is 2. The summed E-state index contributed by atoms with van der Waals surface area (Å²) >= 11 is 0. The Morgan fingerprint density at radius 1 is 1.23 bits per heavy atom. The third-order valence-corrected chi connectivity index (χ3v) is 4.34. The molecular weight excluding hydrogens is 272 g/mol. The molecule has 1 aromatic heterocycles. The van der Waals surface area contributed by atoms with Crippen molar-refractivity contribution in [3.63, 3.8) is 0 Å². The Bertz CT molecular complexity index is 652. The molecule has 22 heavy (non-hydrogen) atoms. The zero-order valence-corrected chi connectivity index (χ0v) is 13.0. The van der Waals surface area contributed by atoms with Crippen LogP contribution in [0.1, 0.15) is 48.1 Å². The second kappa shape index (κ2) is 6.73. The summed E-state index contributed by atoms with van der Waals surface area (Å²) in [7, 11) is 0. The van der Waals surface area contributed by atoms with Crippen molar-refractivity contribution in [1.82, 2.24) is 10.3 Å². The van der Waals surface area contributed by atoms with Crippen molar-refractivity contribution in [1.29, 1.82) is 0 Å². The van der Waals surface area contributed by atoms with E-state index in [-0.39, 0.29) is 11.9 Å². The topological polar surface area (TPSA) is 42.0 Å². The predicted octanol–water partition coefficient (Wildman–Crippen LogP) is 3.38. The minimum atomic E-state index is 0.0383. The number of amides is 1. The number of pyridine rings is 1. The van der Waals surface area contributed by atoms with Crippen molar-refractivity contribution < 1.29 is 4.79 Å². The highest BCUT2D eigenvalue weighted by Gasteiger charge is 2.14. The standard InChI is InChI=1S/C19H22N2O/c1-14(21-19(22)11-15-5-4-10-20-13-15)17-9-8-16-6-2-3-7-18(16)12-17/h4-5,8-10,12-14H,2-3,6-7,11H2,1H3,(H,21,22)/t14-/m0/s1. The Morgan fingerprint density at radius 3 is 2.82 bits per heavy atom. The number of carbonyl (C=O) groups excluding carboxylic acids is 1. The van der Waals surface area contributed by atoms with Crippen molar-refractivity contribution in [2.75, 3.05) is 0 Å². The summed E-state index contributed by atoms with van der Waals surface area (Å²) in [6.07, 6.45) is 8.77. The molecule has 1 aromatic carbocycles. The molecule has 1 atom stereocenters. The minimum absolute atomic E-state index is 0.0383. The molecule has 0 aliphatic heterocycles. The van der Waals surface area contributed by atoms with Crippen LogP contribution in [0, 0.1) is 0 Å². The quantitative estimate of drug-likeness (QED) is 0.939. The molecule has 1 N–H and O–H groups in total. The van der Waals surface area contributed by atoms with Crippen LogP contribution in [0.25, 0.3) is 0 Å². The zero-order valence-electron chi connectivity index (χ0n) is 13.0. The van der Waals surface area contributed by atoms with E-state index in [9.17, 15) is 4.79 Å². The maximum Gasteiger partial charge on any atom is 0.224 e. The highest BCUT2D eigenvalue weighted by Crippen LogP contribution is 2.24. The van der Waals surface area contributed by atoms with Gasteiger partial charge in [-0.25, -0.2) is 0 Å². The molecule has 1 aliphatic carbocycles. The van der Waals surface area contributed by atoms with Gasteiger partial charge < -0.3 is 5.32 Å². The van der Waals surface area contributed by atoms with E-state index >= 15 is 0 Å². The van der Waals surface area contributed by atoms with Gasteiger partial charge in [-0.2, -0.15) is 0 Å². The van der Waals surface area contributed by atoms with Gasteiger partial charge in [0.25, 0.3) is 0 Å². The van der Waals surface area contributed by atoms with Gasteiger partial charge in [-0.05, 0) is 60.9 Å². The zero-order chi connectivity index (χ0) is 15.4. The fraction of sp³-hybridized carbons (Fsp3) is 0.368. The van der Waals surface area contributed by atoms with Crippen LogP contribution in [0.5, 0.6) is 0 Å². The SMILES string of the molecule is C[C@H](NC(=O)Cc1cccnc1)c1ccc2c(c1)CCCC2. The van der Waals surface area contributed by atoms with Gasteiger partial charge in [0.05, 0.1) is 12.5 Å². The molecule has 1 heterocycles. The molecule has 3 heteroatoms. The Hall–Kier alpha value is -2.16. The van der Waals surface area contributed by atoms with Gasteiger partial charge in [-0.3, -0.25) is 9.78 Å². The van der Waals surface area contributed by atoms with Crippen LogP contribution in [0.2, 0.25) is 0 Å². The van der Waals surface area contributed by atoms with E-state index in [2.05, 4.69) is 28.5 Å². The summed E-state index contributed by atoms with van der Waals surface area (Å²) < 4.78 is 0. The summed E-state index contributed by atoms with van der Waals surface area (Å²) in [5.41, 5.74) is 5.07. The van der Waals surface area contributed by atoms with Gasteiger partial charge in [-0.1, -0.05) is 24.3 Å². The fourth-order valence-electron chi connectivity index (χ4n) is 3.09. The third-order valence-electron chi connectivity index (χ3n) is 4.34. The third kappa shape index (κ3) is 3.53. The molecule has 0 radical (unpaired) electrons. The van der Waals surface area contributed by atoms with Crippen LogP contribution in [0.3, 0.4) is 0 Å². The number of fused-ring (bicyclic) bond motifs is 1. The van der Waals surface area contributed by atoms with Gasteiger partial charge in [-0.15, -0.1) is 0 Å².